The molecule has 0 fully saturated rings. The van der Waals surface area contributed by atoms with Crippen LogP contribution in [0.1, 0.15) is 0 Å². The molecule has 0 atom stereocenters. The lowest BCUT2D eigenvalue weighted by Crippen LogP contribution is -2.03. The van der Waals surface area contributed by atoms with E-state index in [1.165, 1.54) is 0 Å². The van der Waals surface area contributed by atoms with E-state index in [0.717, 1.165) is 0 Å². The van der Waals surface area contributed by atoms with Crippen molar-refractivity contribution in [3.8, 4) is 11.5 Å². The first-order valence-corrected chi connectivity index (χ1v) is 15.5. The monoisotopic (exact) mass is 1030 g/mol. The van der Waals surface area contributed by atoms with Crippen molar-refractivity contribution in [2.24, 2.45) is 0 Å². The van der Waals surface area contributed by atoms with Crippen LogP contribution in [-0.4, -0.2) is 4.89 Å². The Hall–Kier alpha value is 3.03. The summed E-state index contributed by atoms with van der Waals surface area (Å²) in [4.78, 5) is 10.4. The second-order valence-electron chi connectivity index (χ2n) is 4.45. The van der Waals surface area contributed by atoms with Crippen molar-refractivity contribution in [3.05, 3.63) is 44.7 Å². The van der Waals surface area contributed by atoms with Crippen LogP contribution >= 0.6 is 167 Å². The minimum atomic E-state index is -4.59. The van der Waals surface area contributed by atoms with Gasteiger partial charge in [-0.2, -0.15) is 0 Å². The molecule has 0 heterocycles. The topological polar surface area (TPSA) is 55.8 Å². The SMILES string of the molecule is O=P(O)(Oc1c(Br)c(Br)c(Br)c(Br)c1Br)Oc1c(Br)c(Br)c(Br)c(Br)c1Br. The molecule has 0 amide bonds. The largest absolute Gasteiger partial charge is 0.585 e. The third kappa shape index (κ3) is 5.69. The van der Waals surface area contributed by atoms with Gasteiger partial charge in [0.15, 0.2) is 11.5 Å². The summed E-state index contributed by atoms with van der Waals surface area (Å²) in [5.74, 6) is 0.149. The zero-order valence-corrected chi connectivity index (χ0v) is 28.7. The molecular formula is C12HBr10O4P. The van der Waals surface area contributed by atoms with Gasteiger partial charge in [-0.1, -0.05) is 0 Å². The molecule has 0 aromatic heterocycles. The fourth-order valence-electron chi connectivity index (χ4n) is 1.58. The summed E-state index contributed by atoms with van der Waals surface area (Å²) in [5.41, 5.74) is 0. The van der Waals surface area contributed by atoms with E-state index in [4.69, 9.17) is 9.05 Å². The molecule has 148 valence electrons. The highest BCUT2D eigenvalue weighted by Crippen LogP contribution is 2.57. The van der Waals surface area contributed by atoms with E-state index >= 15 is 0 Å². The Bertz CT molecular complexity index is 862. The van der Waals surface area contributed by atoms with E-state index in [0.29, 0.717) is 44.7 Å². The van der Waals surface area contributed by atoms with Crippen LogP contribution in [0.5, 0.6) is 11.5 Å². The molecule has 0 aliphatic rings. The first-order chi connectivity index (χ1) is 12.3. The fourth-order valence-corrected chi connectivity index (χ4v) is 9.29. The predicted molar refractivity (Wildman–Crippen MR) is 141 cm³/mol. The fraction of sp³-hybridized carbons (Fsp3) is 0. The van der Waals surface area contributed by atoms with Gasteiger partial charge in [-0.25, -0.2) is 4.57 Å². The maximum absolute atomic E-state index is 12.7. The van der Waals surface area contributed by atoms with Gasteiger partial charge in [0, 0.05) is 8.95 Å². The number of phosphoric ester groups is 1. The summed E-state index contributed by atoms with van der Waals surface area (Å²) < 4.78 is 28.8. The Labute approximate surface area is 238 Å². The van der Waals surface area contributed by atoms with Crippen LogP contribution in [0.4, 0.5) is 0 Å². The van der Waals surface area contributed by atoms with Gasteiger partial charge in [0.2, 0.25) is 0 Å². The highest BCUT2D eigenvalue weighted by Gasteiger charge is 2.33. The number of phosphoric acid groups is 1. The van der Waals surface area contributed by atoms with Crippen LogP contribution in [0.25, 0.3) is 0 Å². The van der Waals surface area contributed by atoms with Gasteiger partial charge < -0.3 is 9.05 Å². The van der Waals surface area contributed by atoms with Crippen molar-refractivity contribution >= 4 is 167 Å². The van der Waals surface area contributed by atoms with E-state index in [-0.39, 0.29) is 11.5 Å². The van der Waals surface area contributed by atoms with Gasteiger partial charge in [0.25, 0.3) is 0 Å². The Morgan fingerprint density at radius 1 is 0.481 bits per heavy atom. The third-order valence-electron chi connectivity index (χ3n) is 2.75. The van der Waals surface area contributed by atoms with Crippen LogP contribution in [0, 0.1) is 0 Å². The van der Waals surface area contributed by atoms with Crippen LogP contribution in [-0.2, 0) is 4.57 Å². The Balaban J connectivity index is 2.51. The zero-order valence-electron chi connectivity index (χ0n) is 11.9. The lowest BCUT2D eigenvalue weighted by molar-refractivity contribution is 0.288. The number of rotatable bonds is 4. The van der Waals surface area contributed by atoms with Crippen molar-refractivity contribution in [1.82, 2.24) is 0 Å². The molecule has 0 bridgehead atoms. The van der Waals surface area contributed by atoms with Gasteiger partial charge >= 0.3 is 7.82 Å². The summed E-state index contributed by atoms with van der Waals surface area (Å²) in [7, 11) is -4.59. The minimum absolute atomic E-state index is 0.0743. The number of hydrogen-bond acceptors (Lipinski definition) is 3. The molecule has 4 nitrogen and oxygen atoms in total. The maximum Gasteiger partial charge on any atom is 0.585 e. The van der Waals surface area contributed by atoms with Crippen LogP contribution in [0.15, 0.2) is 44.7 Å². The van der Waals surface area contributed by atoms with Gasteiger partial charge in [-0.3, -0.25) is 4.89 Å². The van der Waals surface area contributed by atoms with E-state index in [9.17, 15) is 9.46 Å². The average molecular weight is 1040 g/mol. The van der Waals surface area contributed by atoms with Gasteiger partial charge in [0.1, 0.15) is 0 Å². The van der Waals surface area contributed by atoms with E-state index in [1.807, 2.05) is 0 Å². The molecule has 1 N–H and O–H groups in total. The molecule has 0 saturated heterocycles. The number of benzene rings is 2. The molecule has 2 aromatic carbocycles. The van der Waals surface area contributed by atoms with Gasteiger partial charge in [0.05, 0.1) is 35.8 Å². The second-order valence-corrected chi connectivity index (χ2v) is 13.7. The summed E-state index contributed by atoms with van der Waals surface area (Å²) in [6.07, 6.45) is 0. The van der Waals surface area contributed by atoms with E-state index in [2.05, 4.69) is 159 Å². The van der Waals surface area contributed by atoms with E-state index < -0.39 is 7.82 Å². The maximum atomic E-state index is 12.7. The zero-order chi connectivity index (χ0) is 20.8. The number of hydrogen-bond donors (Lipinski definition) is 1. The molecule has 27 heavy (non-hydrogen) atoms. The number of halogens is 10. The quantitative estimate of drug-likeness (QED) is 0.188. The third-order valence-corrected chi connectivity index (χ3v) is 15.6. The molecular weight excluding hydrogens is 1040 g/mol. The summed E-state index contributed by atoms with van der Waals surface area (Å²) in [6.45, 7) is 0. The lowest BCUT2D eigenvalue weighted by atomic mass is 10.3. The summed E-state index contributed by atoms with van der Waals surface area (Å²) in [5, 5.41) is 0. The molecule has 0 aliphatic heterocycles. The molecule has 2 rings (SSSR count). The molecule has 0 aliphatic carbocycles. The standard InChI is InChI=1S/C12HBr10O4P/c13-1-3(15)7(19)11(8(20)4(1)16)25-27(23,24)26-12-9(21)5(17)2(14)6(18)10(12)22/h(H,23,24). The molecule has 0 unspecified atom stereocenters. The van der Waals surface area contributed by atoms with Crippen LogP contribution < -0.4 is 9.05 Å². The first kappa shape index (κ1) is 26.3. The van der Waals surface area contributed by atoms with E-state index in [1.54, 1.807) is 0 Å². The molecule has 15 heteroatoms. The molecule has 0 spiro atoms. The minimum Gasteiger partial charge on any atom is -0.393 e. The van der Waals surface area contributed by atoms with Crippen LogP contribution in [0.2, 0.25) is 0 Å². The predicted octanol–water partition coefficient (Wildman–Crippen LogP) is 10.9. The normalized spacial score (nSPS) is 11.7. The highest BCUT2D eigenvalue weighted by atomic mass is 79.9. The Kier molecular flexibility index (Phi) is 10.0. The Morgan fingerprint density at radius 2 is 0.667 bits per heavy atom. The molecule has 2 aromatic rings. The van der Waals surface area contributed by atoms with Crippen molar-refractivity contribution < 1.29 is 18.5 Å². The van der Waals surface area contributed by atoms with Crippen molar-refractivity contribution in [2.75, 3.05) is 0 Å². The van der Waals surface area contributed by atoms with Crippen molar-refractivity contribution in [3.63, 3.8) is 0 Å². The van der Waals surface area contributed by atoms with Crippen molar-refractivity contribution in [2.45, 2.75) is 0 Å². The van der Waals surface area contributed by atoms with Crippen LogP contribution in [0.3, 0.4) is 0 Å². The second kappa shape index (κ2) is 10.3. The lowest BCUT2D eigenvalue weighted by Gasteiger charge is -2.20. The molecule has 0 radical (unpaired) electrons. The molecule has 0 saturated carbocycles. The Morgan fingerprint density at radius 3 is 0.889 bits per heavy atom. The highest BCUT2D eigenvalue weighted by molar-refractivity contribution is 9.16. The smallest absolute Gasteiger partial charge is 0.393 e. The van der Waals surface area contributed by atoms with Crippen molar-refractivity contribution in [1.29, 1.82) is 0 Å². The van der Waals surface area contributed by atoms with Gasteiger partial charge in [-0.15, -0.1) is 0 Å². The average Bonchev–Trinajstić information content (AvgIpc) is 2.62. The summed E-state index contributed by atoms with van der Waals surface area (Å²) >= 11 is 33.6. The summed E-state index contributed by atoms with van der Waals surface area (Å²) in [6, 6.07) is 0. The first-order valence-electron chi connectivity index (χ1n) is 6.05. The van der Waals surface area contributed by atoms with Gasteiger partial charge in [-0.05, 0) is 159 Å².